The second-order valence-corrected chi connectivity index (χ2v) is 5.03. The van der Waals surface area contributed by atoms with Crippen molar-refractivity contribution in [2.24, 2.45) is 0 Å². The number of anilines is 1. The summed E-state index contributed by atoms with van der Waals surface area (Å²) in [5, 5.41) is 0. The van der Waals surface area contributed by atoms with Gasteiger partial charge in [-0.15, -0.1) is 0 Å². The van der Waals surface area contributed by atoms with Crippen molar-refractivity contribution in [1.82, 2.24) is 0 Å². The van der Waals surface area contributed by atoms with E-state index in [4.69, 9.17) is 9.15 Å². The molecule has 0 aliphatic carbocycles. The molecule has 0 radical (unpaired) electrons. The third-order valence-corrected chi connectivity index (χ3v) is 2.30. The molecule has 1 aromatic rings. The molecule has 0 fully saturated rings. The van der Waals surface area contributed by atoms with Crippen LogP contribution in [0.3, 0.4) is 0 Å². The van der Waals surface area contributed by atoms with Gasteiger partial charge in [0.2, 0.25) is 0 Å². The van der Waals surface area contributed by atoms with Gasteiger partial charge in [-0.3, -0.25) is 4.90 Å². The van der Waals surface area contributed by atoms with Crippen LogP contribution in [0.4, 0.5) is 10.5 Å². The summed E-state index contributed by atoms with van der Waals surface area (Å²) < 4.78 is 14.9. The van der Waals surface area contributed by atoms with Crippen LogP contribution in [0.5, 0.6) is 0 Å². The Hall–Kier alpha value is -1.98. The van der Waals surface area contributed by atoms with Gasteiger partial charge in [0.1, 0.15) is 17.9 Å². The van der Waals surface area contributed by atoms with E-state index < -0.39 is 23.7 Å². The first kappa shape index (κ1) is 15.1. The minimum Gasteiger partial charge on any atom is -0.470 e. The maximum Gasteiger partial charge on any atom is 0.415 e. The first-order chi connectivity index (χ1) is 8.76. The minimum atomic E-state index is -0.808. The first-order valence-corrected chi connectivity index (χ1v) is 5.88. The highest BCUT2D eigenvalue weighted by molar-refractivity contribution is 5.95. The Labute approximate surface area is 112 Å². The molecule has 1 rings (SSSR count). The van der Waals surface area contributed by atoms with Crippen molar-refractivity contribution >= 4 is 17.7 Å². The van der Waals surface area contributed by atoms with Gasteiger partial charge in [-0.25, -0.2) is 9.59 Å². The zero-order chi connectivity index (χ0) is 14.6. The van der Waals surface area contributed by atoms with Gasteiger partial charge in [-0.05, 0) is 27.7 Å². The Morgan fingerprint density at radius 3 is 2.42 bits per heavy atom. The van der Waals surface area contributed by atoms with E-state index in [1.165, 1.54) is 24.5 Å². The van der Waals surface area contributed by atoms with Gasteiger partial charge in [0.05, 0.1) is 19.1 Å². The quantitative estimate of drug-likeness (QED) is 0.789. The number of esters is 1. The van der Waals surface area contributed by atoms with Crippen molar-refractivity contribution in [1.29, 1.82) is 0 Å². The molecule has 1 heterocycles. The molecule has 0 aliphatic rings. The summed E-state index contributed by atoms with van der Waals surface area (Å²) in [6.45, 7) is 6.81. The van der Waals surface area contributed by atoms with Gasteiger partial charge in [0, 0.05) is 6.07 Å². The highest BCUT2D eigenvalue weighted by Crippen LogP contribution is 2.21. The number of methoxy groups -OCH3 is 1. The molecule has 1 amide bonds. The Kier molecular flexibility index (Phi) is 4.58. The predicted octanol–water partition coefficient (Wildman–Crippen LogP) is 2.58. The monoisotopic (exact) mass is 269 g/mol. The van der Waals surface area contributed by atoms with Crippen molar-refractivity contribution in [2.75, 3.05) is 12.0 Å². The molecule has 1 atom stereocenters. The number of furan rings is 1. The zero-order valence-corrected chi connectivity index (χ0v) is 11.8. The van der Waals surface area contributed by atoms with Crippen LogP contribution in [0.25, 0.3) is 0 Å². The molecule has 0 aliphatic heterocycles. The van der Waals surface area contributed by atoms with Crippen molar-refractivity contribution in [3.8, 4) is 0 Å². The summed E-state index contributed by atoms with van der Waals surface area (Å²) >= 11 is 0. The molecule has 0 saturated heterocycles. The van der Waals surface area contributed by atoms with E-state index >= 15 is 0 Å². The molecule has 19 heavy (non-hydrogen) atoms. The fourth-order valence-electron chi connectivity index (χ4n) is 1.47. The smallest absolute Gasteiger partial charge is 0.415 e. The number of ether oxygens (including phenoxy) is 2. The standard InChI is InChI=1S/C13H19NO5/c1-9(11(15)17-5)14(10-6-7-18-8-10)12(16)19-13(2,3)4/h6-9H,1-5H3/t9-/m0/s1. The lowest BCUT2D eigenvalue weighted by molar-refractivity contribution is -0.141. The largest absolute Gasteiger partial charge is 0.470 e. The van der Waals surface area contributed by atoms with Gasteiger partial charge in [-0.2, -0.15) is 0 Å². The SMILES string of the molecule is COC(=O)[C@H](C)N(C(=O)OC(C)(C)C)c1ccoc1. The third-order valence-electron chi connectivity index (χ3n) is 2.30. The van der Waals surface area contributed by atoms with Gasteiger partial charge in [-0.1, -0.05) is 0 Å². The van der Waals surface area contributed by atoms with E-state index in [1.54, 1.807) is 33.8 Å². The molecular weight excluding hydrogens is 250 g/mol. The van der Waals surface area contributed by atoms with Crippen LogP contribution in [0.1, 0.15) is 27.7 Å². The van der Waals surface area contributed by atoms with Crippen LogP contribution in [0, 0.1) is 0 Å². The second-order valence-electron chi connectivity index (χ2n) is 5.03. The molecule has 0 N–H and O–H groups in total. The van der Waals surface area contributed by atoms with E-state index in [2.05, 4.69) is 4.74 Å². The Balaban J connectivity index is 3.00. The Morgan fingerprint density at radius 1 is 1.37 bits per heavy atom. The summed E-state index contributed by atoms with van der Waals surface area (Å²) in [6, 6.07) is 0.765. The fraction of sp³-hybridized carbons (Fsp3) is 0.538. The average Bonchev–Trinajstić information content (AvgIpc) is 2.79. The van der Waals surface area contributed by atoms with Crippen LogP contribution in [-0.2, 0) is 14.3 Å². The molecule has 0 aromatic carbocycles. The van der Waals surface area contributed by atoms with Crippen LogP contribution >= 0.6 is 0 Å². The normalized spacial score (nSPS) is 12.7. The summed E-state index contributed by atoms with van der Waals surface area (Å²) in [5.74, 6) is -0.535. The van der Waals surface area contributed by atoms with Crippen LogP contribution in [-0.4, -0.2) is 30.8 Å². The Morgan fingerprint density at radius 2 is 2.00 bits per heavy atom. The van der Waals surface area contributed by atoms with E-state index in [0.717, 1.165) is 0 Å². The number of hydrogen-bond donors (Lipinski definition) is 0. The zero-order valence-electron chi connectivity index (χ0n) is 11.8. The number of amides is 1. The van der Waals surface area contributed by atoms with Gasteiger partial charge < -0.3 is 13.9 Å². The van der Waals surface area contributed by atoms with E-state index in [1.807, 2.05) is 0 Å². The number of carbonyl (C=O) groups excluding carboxylic acids is 2. The maximum absolute atomic E-state index is 12.2. The van der Waals surface area contributed by atoms with Crippen LogP contribution in [0.2, 0.25) is 0 Å². The summed E-state index contributed by atoms with van der Waals surface area (Å²) in [4.78, 5) is 25.0. The lowest BCUT2D eigenvalue weighted by Crippen LogP contribution is -2.46. The van der Waals surface area contributed by atoms with E-state index in [0.29, 0.717) is 5.69 Å². The summed E-state index contributed by atoms with van der Waals surface area (Å²) in [7, 11) is 1.27. The van der Waals surface area contributed by atoms with E-state index in [-0.39, 0.29) is 0 Å². The first-order valence-electron chi connectivity index (χ1n) is 5.88. The molecule has 0 spiro atoms. The molecule has 0 bridgehead atoms. The molecule has 6 heteroatoms. The van der Waals surface area contributed by atoms with Crippen LogP contribution in [0.15, 0.2) is 23.0 Å². The predicted molar refractivity (Wildman–Crippen MR) is 68.9 cm³/mol. The van der Waals surface area contributed by atoms with Crippen molar-refractivity contribution in [2.45, 2.75) is 39.3 Å². The highest BCUT2D eigenvalue weighted by Gasteiger charge is 2.32. The topological polar surface area (TPSA) is 69.0 Å². The second kappa shape index (κ2) is 5.77. The minimum absolute atomic E-state index is 0.437. The number of nitrogens with zero attached hydrogens (tertiary/aromatic N) is 1. The average molecular weight is 269 g/mol. The van der Waals surface area contributed by atoms with Gasteiger partial charge in [0.15, 0.2) is 0 Å². The van der Waals surface area contributed by atoms with Crippen molar-refractivity contribution in [3.63, 3.8) is 0 Å². The Bertz CT molecular complexity index is 432. The molecule has 0 saturated carbocycles. The lowest BCUT2D eigenvalue weighted by atomic mass is 10.2. The molecule has 6 nitrogen and oxygen atoms in total. The van der Waals surface area contributed by atoms with E-state index in [9.17, 15) is 9.59 Å². The lowest BCUT2D eigenvalue weighted by Gasteiger charge is -2.29. The molecular formula is C13H19NO5. The summed E-state index contributed by atoms with van der Waals surface area (Å²) in [6.07, 6.45) is 2.15. The third kappa shape index (κ3) is 4.01. The molecule has 1 aromatic heterocycles. The van der Waals surface area contributed by atoms with Crippen molar-refractivity contribution in [3.05, 3.63) is 18.6 Å². The van der Waals surface area contributed by atoms with Gasteiger partial charge >= 0.3 is 12.1 Å². The maximum atomic E-state index is 12.2. The number of rotatable bonds is 3. The van der Waals surface area contributed by atoms with Gasteiger partial charge in [0.25, 0.3) is 0 Å². The summed E-state index contributed by atoms with van der Waals surface area (Å²) in [5.41, 5.74) is -0.221. The van der Waals surface area contributed by atoms with Crippen molar-refractivity contribution < 1.29 is 23.5 Å². The highest BCUT2D eigenvalue weighted by atomic mass is 16.6. The fourth-order valence-corrected chi connectivity index (χ4v) is 1.47. The number of hydrogen-bond acceptors (Lipinski definition) is 5. The molecule has 0 unspecified atom stereocenters. The number of carbonyl (C=O) groups is 2. The van der Waals surface area contributed by atoms with Crippen LogP contribution < -0.4 is 4.90 Å². The molecule has 106 valence electrons.